The van der Waals surface area contributed by atoms with E-state index in [0.29, 0.717) is 23.2 Å². The summed E-state index contributed by atoms with van der Waals surface area (Å²) in [5, 5.41) is 10.2. The van der Waals surface area contributed by atoms with E-state index in [-0.39, 0.29) is 6.54 Å². The van der Waals surface area contributed by atoms with E-state index >= 15 is 0 Å². The van der Waals surface area contributed by atoms with Gasteiger partial charge in [0.05, 0.1) is 11.0 Å². The highest BCUT2D eigenvalue weighted by atomic mass is 79.9. The van der Waals surface area contributed by atoms with Crippen molar-refractivity contribution in [3.63, 3.8) is 0 Å². The van der Waals surface area contributed by atoms with E-state index < -0.39 is 29.7 Å². The Labute approximate surface area is 143 Å². The van der Waals surface area contributed by atoms with Crippen LogP contribution < -0.4 is 4.74 Å². The van der Waals surface area contributed by atoms with E-state index in [0.717, 1.165) is 0 Å². The van der Waals surface area contributed by atoms with Gasteiger partial charge < -0.3 is 19.5 Å². The van der Waals surface area contributed by atoms with Crippen LogP contribution in [-0.2, 0) is 4.74 Å². The molecule has 1 fully saturated rings. The molecule has 0 spiro atoms. The average Bonchev–Trinajstić information content (AvgIpc) is 2.43. The summed E-state index contributed by atoms with van der Waals surface area (Å²) in [4.78, 5) is 13.5. The number of hydrogen-bond acceptors (Lipinski definition) is 4. The molecule has 1 heterocycles. The Kier molecular flexibility index (Phi) is 5.52. The topological polar surface area (TPSA) is 59.0 Å². The number of likely N-dealkylation sites (tertiary alicyclic amines) is 1. The Bertz CT molecular complexity index is 576. The van der Waals surface area contributed by atoms with E-state index in [9.17, 15) is 14.3 Å². The molecule has 23 heavy (non-hydrogen) atoms. The number of carbonyl (C=O) groups is 1. The standard InChI is InChI=1S/C16H21BrFNO4/c1-16(2,3)23-15(21)19-7-6-13(12(20)9-19)22-14-8-10(18)4-5-11(14)17/h4-5,8,12-13,20H,6-7,9H2,1-3H3/t12?,13-/m0/s1. The van der Waals surface area contributed by atoms with Crippen LogP contribution >= 0.6 is 15.9 Å². The van der Waals surface area contributed by atoms with Gasteiger partial charge in [0, 0.05) is 19.0 Å². The second kappa shape index (κ2) is 7.05. The third kappa shape index (κ3) is 5.07. The van der Waals surface area contributed by atoms with Gasteiger partial charge in [-0.05, 0) is 48.8 Å². The first-order valence-corrected chi connectivity index (χ1v) is 8.23. The molecule has 1 aliphatic heterocycles. The fourth-order valence-corrected chi connectivity index (χ4v) is 2.61. The van der Waals surface area contributed by atoms with Crippen LogP contribution in [0.4, 0.5) is 9.18 Å². The first kappa shape index (κ1) is 18.0. The average molecular weight is 390 g/mol. The van der Waals surface area contributed by atoms with Crippen LogP contribution in [0.25, 0.3) is 0 Å². The number of aliphatic hydroxyl groups excluding tert-OH is 1. The van der Waals surface area contributed by atoms with Crippen molar-refractivity contribution in [2.24, 2.45) is 0 Å². The quantitative estimate of drug-likeness (QED) is 0.842. The molecule has 1 saturated heterocycles. The van der Waals surface area contributed by atoms with Gasteiger partial charge in [0.2, 0.25) is 0 Å². The maximum atomic E-state index is 13.3. The van der Waals surface area contributed by atoms with Crippen molar-refractivity contribution in [3.8, 4) is 5.75 Å². The molecule has 0 aromatic heterocycles. The third-order valence-corrected chi connectivity index (χ3v) is 4.00. The third-order valence-electron chi connectivity index (χ3n) is 3.34. The van der Waals surface area contributed by atoms with Gasteiger partial charge in [-0.1, -0.05) is 0 Å². The predicted molar refractivity (Wildman–Crippen MR) is 86.9 cm³/mol. The minimum Gasteiger partial charge on any atom is -0.486 e. The Hall–Kier alpha value is -1.34. The number of hydrogen-bond donors (Lipinski definition) is 1. The number of benzene rings is 1. The van der Waals surface area contributed by atoms with Crippen molar-refractivity contribution in [1.82, 2.24) is 4.90 Å². The normalized spacial score (nSPS) is 21.9. The van der Waals surface area contributed by atoms with Gasteiger partial charge in [0.15, 0.2) is 0 Å². The molecule has 2 rings (SSSR count). The predicted octanol–water partition coefficient (Wildman–Crippen LogP) is 3.34. The van der Waals surface area contributed by atoms with Crippen molar-refractivity contribution in [2.45, 2.75) is 45.0 Å². The lowest BCUT2D eigenvalue weighted by Crippen LogP contribution is -2.52. The van der Waals surface area contributed by atoms with Gasteiger partial charge >= 0.3 is 6.09 Å². The van der Waals surface area contributed by atoms with Gasteiger partial charge in [0.1, 0.15) is 29.4 Å². The van der Waals surface area contributed by atoms with Crippen molar-refractivity contribution >= 4 is 22.0 Å². The van der Waals surface area contributed by atoms with E-state index in [1.807, 2.05) is 0 Å². The van der Waals surface area contributed by atoms with Crippen LogP contribution in [-0.4, -0.2) is 47.0 Å². The maximum Gasteiger partial charge on any atom is 0.410 e. The molecular weight excluding hydrogens is 369 g/mol. The molecular formula is C16H21BrFNO4. The van der Waals surface area contributed by atoms with Crippen LogP contribution in [0.3, 0.4) is 0 Å². The Morgan fingerprint density at radius 2 is 2.13 bits per heavy atom. The minimum absolute atomic E-state index is 0.118. The number of halogens is 2. The van der Waals surface area contributed by atoms with Crippen LogP contribution in [0.2, 0.25) is 0 Å². The highest BCUT2D eigenvalue weighted by Gasteiger charge is 2.34. The van der Waals surface area contributed by atoms with Gasteiger partial charge in [0.25, 0.3) is 0 Å². The molecule has 1 amide bonds. The van der Waals surface area contributed by atoms with Crippen LogP contribution in [0.5, 0.6) is 5.75 Å². The molecule has 0 bridgehead atoms. The number of aliphatic hydroxyl groups is 1. The maximum absolute atomic E-state index is 13.3. The second-order valence-corrected chi connectivity index (χ2v) is 7.37. The molecule has 1 aliphatic rings. The molecule has 0 radical (unpaired) electrons. The van der Waals surface area contributed by atoms with E-state index in [1.54, 1.807) is 26.8 Å². The summed E-state index contributed by atoms with van der Waals surface area (Å²) < 4.78 is 24.9. The summed E-state index contributed by atoms with van der Waals surface area (Å²) in [6.45, 7) is 5.89. The molecule has 0 aliphatic carbocycles. The van der Waals surface area contributed by atoms with Crippen molar-refractivity contribution in [1.29, 1.82) is 0 Å². The zero-order valence-electron chi connectivity index (χ0n) is 13.4. The molecule has 7 heteroatoms. The minimum atomic E-state index is -0.869. The molecule has 0 saturated carbocycles. The van der Waals surface area contributed by atoms with Gasteiger partial charge in [-0.3, -0.25) is 0 Å². The zero-order valence-corrected chi connectivity index (χ0v) is 15.0. The Morgan fingerprint density at radius 3 is 2.74 bits per heavy atom. The number of piperidine rings is 1. The summed E-state index contributed by atoms with van der Waals surface area (Å²) in [6, 6.07) is 4.13. The smallest absolute Gasteiger partial charge is 0.410 e. The first-order valence-electron chi connectivity index (χ1n) is 7.43. The molecule has 1 aromatic rings. The summed E-state index contributed by atoms with van der Waals surface area (Å²) in [5.74, 6) is -0.0800. The van der Waals surface area contributed by atoms with Crippen molar-refractivity contribution < 1.29 is 23.8 Å². The number of amides is 1. The van der Waals surface area contributed by atoms with E-state index in [1.165, 1.54) is 17.0 Å². The first-order chi connectivity index (χ1) is 10.7. The lowest BCUT2D eigenvalue weighted by Gasteiger charge is -2.36. The highest BCUT2D eigenvalue weighted by molar-refractivity contribution is 9.10. The van der Waals surface area contributed by atoms with Gasteiger partial charge in [-0.25, -0.2) is 9.18 Å². The summed E-state index contributed by atoms with van der Waals surface area (Å²) in [7, 11) is 0. The zero-order chi connectivity index (χ0) is 17.2. The van der Waals surface area contributed by atoms with Gasteiger partial charge in [-0.15, -0.1) is 0 Å². The molecule has 128 valence electrons. The number of rotatable bonds is 2. The number of ether oxygens (including phenoxy) is 2. The van der Waals surface area contributed by atoms with Crippen LogP contribution in [0, 0.1) is 5.82 Å². The largest absolute Gasteiger partial charge is 0.486 e. The number of nitrogens with zero attached hydrogens (tertiary/aromatic N) is 1. The van der Waals surface area contributed by atoms with Gasteiger partial charge in [-0.2, -0.15) is 0 Å². The molecule has 5 nitrogen and oxygen atoms in total. The van der Waals surface area contributed by atoms with E-state index in [4.69, 9.17) is 9.47 Å². The molecule has 1 aromatic carbocycles. The fraction of sp³-hybridized carbons (Fsp3) is 0.562. The Balaban J connectivity index is 1.96. The number of carbonyl (C=O) groups excluding carboxylic acids is 1. The van der Waals surface area contributed by atoms with Crippen molar-refractivity contribution in [2.75, 3.05) is 13.1 Å². The monoisotopic (exact) mass is 389 g/mol. The lowest BCUT2D eigenvalue weighted by atomic mass is 10.1. The van der Waals surface area contributed by atoms with E-state index in [2.05, 4.69) is 15.9 Å². The van der Waals surface area contributed by atoms with Crippen LogP contribution in [0.15, 0.2) is 22.7 Å². The molecule has 1 N–H and O–H groups in total. The van der Waals surface area contributed by atoms with Crippen molar-refractivity contribution in [3.05, 3.63) is 28.5 Å². The second-order valence-electron chi connectivity index (χ2n) is 6.51. The summed E-state index contributed by atoms with van der Waals surface area (Å²) in [5.41, 5.74) is -0.582. The number of β-amino-alcohol motifs (C(OH)–C–C–N with tert-alkyl or cyclic N) is 1. The summed E-state index contributed by atoms with van der Waals surface area (Å²) in [6.07, 6.45) is -1.40. The highest BCUT2D eigenvalue weighted by Crippen LogP contribution is 2.29. The SMILES string of the molecule is CC(C)(C)OC(=O)N1CC[C@H](Oc2cc(F)ccc2Br)C(O)C1. The van der Waals surface area contributed by atoms with Crippen LogP contribution in [0.1, 0.15) is 27.2 Å². The Morgan fingerprint density at radius 1 is 1.43 bits per heavy atom. The molecule has 1 unspecified atom stereocenters. The lowest BCUT2D eigenvalue weighted by molar-refractivity contribution is -0.0377. The molecule has 2 atom stereocenters. The summed E-state index contributed by atoms with van der Waals surface area (Å²) >= 11 is 3.29. The fourth-order valence-electron chi connectivity index (χ4n) is 2.27.